The van der Waals surface area contributed by atoms with Crippen molar-refractivity contribution < 1.29 is 382 Å². The van der Waals surface area contributed by atoms with Crippen LogP contribution in [0.15, 0.2) is 24.3 Å². The molecule has 0 fully saturated rings. The van der Waals surface area contributed by atoms with Gasteiger partial charge in [0.1, 0.15) is 0 Å². The predicted octanol–water partition coefficient (Wildman–Crippen LogP) is 35.5. The third-order valence-electron chi connectivity index (χ3n) is 5.72. The Morgan fingerprint density at radius 3 is 0.140 bits per heavy atom. The lowest BCUT2D eigenvalue weighted by molar-refractivity contribution is -0.339. The molecule has 0 amide bonds. The highest BCUT2D eigenvalue weighted by Gasteiger charge is 2.67. The van der Waals surface area contributed by atoms with E-state index >= 15 is 0 Å². The van der Waals surface area contributed by atoms with Gasteiger partial charge in [0.15, 0.2) is 0 Å². The molecule has 1 rings (SSSR count). The molecule has 0 heterocycles. The quantitative estimate of drug-likeness (QED) is 0.227. The molecule has 129 heavy (non-hydrogen) atoms. The van der Waals surface area contributed by atoms with Crippen LogP contribution in [0, 0.1) is 13.8 Å². The van der Waals surface area contributed by atoms with Crippen LogP contribution in [0.2, 0.25) is 0 Å². The fraction of sp³-hybridized carbons (Fsp3) is 0.857. The molecular formula is C42H25F87. The first-order chi connectivity index (χ1) is 53.3. The standard InChI is InChI=1S/C8H10.14C2F6.C2H3F3.2C2H6/c1-7-3-5-8(2)6-4-7;14*3-1(4,5)2(6,7)8;1-2(3,4)5;2*1-2/h3-6H,1-2H3;;;;;;;;;;;;;;;1H3;2*1-2H3. The third kappa shape index (κ3) is 103. The van der Waals surface area contributed by atoms with Gasteiger partial charge in [-0.1, -0.05) is 63.1 Å². The van der Waals surface area contributed by atoms with E-state index in [0.717, 1.165) is 0 Å². The SMILES string of the molecule is CC.CC.CC(F)(F)F.Cc1ccc(C)cc1.FC(F)(F)C(F)(F)F.FC(F)(F)C(F)(F)F.FC(F)(F)C(F)(F)F.FC(F)(F)C(F)(F)F.FC(F)(F)C(F)(F)F.FC(F)(F)C(F)(F)F.FC(F)(F)C(F)(F)F.FC(F)(F)C(F)(F)F.FC(F)(F)C(F)(F)F.FC(F)(F)C(F)(F)F.FC(F)(F)C(F)(F)F.FC(F)(F)C(F)(F)F.FC(F)(F)C(F)(F)F.FC(F)(F)C(F)(F)F. The molecule has 0 N–H and O–H groups in total. The molecular weight excluding hydrogens is 2160 g/mol. The van der Waals surface area contributed by atoms with Crippen LogP contribution < -0.4 is 0 Å². The molecule has 0 aromatic heterocycles. The number of rotatable bonds is 0. The van der Waals surface area contributed by atoms with Gasteiger partial charge in [-0.25, -0.2) is 0 Å². The van der Waals surface area contributed by atoms with Crippen molar-refractivity contribution in [2.45, 2.75) is 228 Å². The lowest BCUT2D eigenvalue weighted by Gasteiger charge is -2.08. The van der Waals surface area contributed by atoms with Crippen molar-refractivity contribution in [3.8, 4) is 0 Å². The number of hydrogen-bond acceptors (Lipinski definition) is 0. The topological polar surface area (TPSA) is 0 Å². The molecule has 0 aliphatic rings. The van der Waals surface area contributed by atoms with Gasteiger partial charge >= 0.3 is 179 Å². The van der Waals surface area contributed by atoms with Gasteiger partial charge in [-0.2, -0.15) is 382 Å². The van der Waals surface area contributed by atoms with Crippen LogP contribution >= 0.6 is 0 Å². The molecule has 0 saturated heterocycles. The van der Waals surface area contributed by atoms with Gasteiger partial charge in [-0.3, -0.25) is 0 Å². The van der Waals surface area contributed by atoms with E-state index in [1.54, 1.807) is 0 Å². The molecule has 802 valence electrons. The normalized spacial score (nSPS) is 13.5. The zero-order valence-corrected chi connectivity index (χ0v) is 57.7. The first-order valence-corrected chi connectivity index (χ1v) is 25.3. The lowest BCUT2D eigenvalue weighted by Crippen LogP contribution is -2.30. The highest BCUT2D eigenvalue weighted by Crippen LogP contribution is 2.45. The van der Waals surface area contributed by atoms with Crippen molar-refractivity contribution in [1.82, 2.24) is 0 Å². The molecule has 0 saturated carbocycles. The summed E-state index contributed by atoms with van der Waals surface area (Å²) in [4.78, 5) is 0. The Morgan fingerprint density at radius 2 is 0.124 bits per heavy atom. The van der Waals surface area contributed by atoms with Crippen LogP contribution in [0.4, 0.5) is 382 Å². The van der Waals surface area contributed by atoms with Gasteiger partial charge in [-0.05, 0) is 13.8 Å². The van der Waals surface area contributed by atoms with Crippen LogP contribution in [0.5, 0.6) is 0 Å². The molecule has 0 spiro atoms. The Morgan fingerprint density at radius 1 is 0.101 bits per heavy atom. The van der Waals surface area contributed by atoms with Crippen molar-refractivity contribution in [3.05, 3.63) is 35.4 Å². The van der Waals surface area contributed by atoms with E-state index < -0.39 is 179 Å². The second kappa shape index (κ2) is 55.7. The van der Waals surface area contributed by atoms with Crippen molar-refractivity contribution in [2.75, 3.05) is 0 Å². The van der Waals surface area contributed by atoms with Crippen LogP contribution in [-0.4, -0.2) is 179 Å². The van der Waals surface area contributed by atoms with E-state index in [0.29, 0.717) is 0 Å². The first-order valence-electron chi connectivity index (χ1n) is 25.3. The van der Waals surface area contributed by atoms with E-state index in [2.05, 4.69) is 38.1 Å². The number of benzene rings is 1. The molecule has 87 heteroatoms. The summed E-state index contributed by atoms with van der Waals surface area (Å²) in [5.41, 5.74) is 2.66. The van der Waals surface area contributed by atoms with E-state index in [1.807, 2.05) is 27.7 Å². The minimum absolute atomic E-state index is 0.188. The summed E-state index contributed by atoms with van der Waals surface area (Å²) in [7, 11) is 0. The average molecular weight is 2180 g/mol. The number of halogens is 87. The molecule has 0 atom stereocenters. The maximum Gasteiger partial charge on any atom is 0.487 e. The Balaban J connectivity index is -0.0000000690. The second-order valence-corrected chi connectivity index (χ2v) is 16.9. The van der Waals surface area contributed by atoms with Gasteiger partial charge in [0.2, 0.25) is 0 Å². The van der Waals surface area contributed by atoms with Crippen molar-refractivity contribution in [3.63, 3.8) is 0 Å². The zero-order chi connectivity index (χ0) is 112. The van der Waals surface area contributed by atoms with E-state index in [9.17, 15) is 382 Å². The van der Waals surface area contributed by atoms with Crippen molar-refractivity contribution in [1.29, 1.82) is 0 Å². The molecule has 1 aromatic carbocycles. The summed E-state index contributed by atoms with van der Waals surface area (Å²) < 4.78 is 908. The maximum absolute atomic E-state index is 10.4. The number of aryl methyl sites for hydroxylation is 2. The van der Waals surface area contributed by atoms with Crippen LogP contribution in [0.25, 0.3) is 0 Å². The fourth-order valence-corrected chi connectivity index (χ4v) is 0.637. The highest BCUT2D eigenvalue weighted by molar-refractivity contribution is 5.19. The van der Waals surface area contributed by atoms with E-state index in [4.69, 9.17) is 0 Å². The molecule has 0 aliphatic heterocycles. The lowest BCUT2D eigenvalue weighted by atomic mass is 10.2. The van der Waals surface area contributed by atoms with Gasteiger partial charge in [0.25, 0.3) is 0 Å². The smallest absolute Gasteiger partial charge is 0.172 e. The summed E-state index contributed by atoms with van der Waals surface area (Å²) in [5, 5.41) is 0. The van der Waals surface area contributed by atoms with Gasteiger partial charge < -0.3 is 0 Å². The summed E-state index contributed by atoms with van der Waals surface area (Å²) in [6.07, 6.45) is -174. The largest absolute Gasteiger partial charge is 0.487 e. The van der Waals surface area contributed by atoms with Gasteiger partial charge in [0, 0.05) is 6.92 Å². The third-order valence-corrected chi connectivity index (χ3v) is 5.72. The van der Waals surface area contributed by atoms with Crippen LogP contribution in [-0.2, 0) is 0 Å². The van der Waals surface area contributed by atoms with Gasteiger partial charge in [-0.15, -0.1) is 0 Å². The van der Waals surface area contributed by atoms with E-state index in [1.165, 1.54) is 11.1 Å². The molecule has 0 radical (unpaired) electrons. The first kappa shape index (κ1) is 162. The fourth-order valence-electron chi connectivity index (χ4n) is 0.637. The summed E-state index contributed by atoms with van der Waals surface area (Å²) in [5.74, 6) is 0. The predicted molar refractivity (Wildman–Crippen MR) is 240 cm³/mol. The maximum atomic E-state index is 10.4. The molecule has 0 bridgehead atoms. The monoisotopic (exact) mass is 2180 g/mol. The Hall–Kier alpha value is -6.87. The molecule has 0 nitrogen and oxygen atoms in total. The average Bonchev–Trinajstić information content (AvgIpc) is 0.931. The Bertz CT molecular complexity index is 1950. The minimum Gasteiger partial charge on any atom is -0.172 e. The number of alkyl halides is 87. The van der Waals surface area contributed by atoms with Crippen LogP contribution in [0.3, 0.4) is 0 Å². The van der Waals surface area contributed by atoms with Gasteiger partial charge in [0.05, 0.1) is 0 Å². The highest BCUT2D eigenvalue weighted by atomic mass is 19.6. The Kier molecular flexibility index (Phi) is 70.0. The van der Waals surface area contributed by atoms with Crippen molar-refractivity contribution in [2.24, 2.45) is 0 Å². The minimum atomic E-state index is -6.06. The summed E-state index contributed by atoms with van der Waals surface area (Å²) >= 11 is 0. The van der Waals surface area contributed by atoms with Crippen LogP contribution in [0.1, 0.15) is 45.7 Å². The molecule has 0 aliphatic carbocycles. The Labute approximate surface area is 646 Å². The zero-order valence-electron chi connectivity index (χ0n) is 57.7. The number of hydrogen-bond donors (Lipinski definition) is 0. The van der Waals surface area contributed by atoms with E-state index in [-0.39, 0.29) is 6.92 Å². The molecule has 1 aromatic rings. The summed E-state index contributed by atoms with van der Waals surface area (Å²) in [6, 6.07) is 8.48. The summed E-state index contributed by atoms with van der Waals surface area (Å²) in [6.45, 7) is 12.4. The molecule has 0 unspecified atom stereocenters. The van der Waals surface area contributed by atoms with Crippen molar-refractivity contribution >= 4 is 0 Å². The second-order valence-electron chi connectivity index (χ2n) is 16.9.